The Labute approximate surface area is 179 Å². The van der Waals surface area contributed by atoms with E-state index in [4.69, 9.17) is 8.83 Å². The normalized spacial score (nSPS) is 15.6. The molecule has 1 aliphatic rings. The van der Waals surface area contributed by atoms with Gasteiger partial charge < -0.3 is 18.6 Å². The number of hydrogen-bond acceptors (Lipinski definition) is 4. The van der Waals surface area contributed by atoms with Crippen LogP contribution in [-0.4, -0.2) is 47.8 Å². The van der Waals surface area contributed by atoms with Gasteiger partial charge in [-0.2, -0.15) is 0 Å². The maximum absolute atomic E-state index is 13.0. The van der Waals surface area contributed by atoms with Gasteiger partial charge in [-0.3, -0.25) is 9.59 Å². The number of carbonyl (C=O) groups is 2. The summed E-state index contributed by atoms with van der Waals surface area (Å²) < 4.78 is 11.7. The molecule has 6 heteroatoms. The third-order valence-electron chi connectivity index (χ3n) is 5.63. The molecule has 0 spiro atoms. The van der Waals surface area contributed by atoms with Gasteiger partial charge in [-0.05, 0) is 26.0 Å². The predicted molar refractivity (Wildman–Crippen MR) is 116 cm³/mol. The lowest BCUT2D eigenvalue weighted by molar-refractivity contribution is 0.0533. The van der Waals surface area contributed by atoms with Crippen LogP contribution in [0.25, 0.3) is 0 Å². The molecule has 1 fully saturated rings. The monoisotopic (exact) mass is 414 g/mol. The number of hydrogen-bond donors (Lipinski definition) is 0. The molecule has 2 amide bonds. The Morgan fingerprint density at radius 2 is 1.00 bits per heavy atom. The summed E-state index contributed by atoms with van der Waals surface area (Å²) in [5, 5.41) is 0. The van der Waals surface area contributed by atoms with Gasteiger partial charge in [0.25, 0.3) is 11.8 Å². The van der Waals surface area contributed by atoms with E-state index < -0.39 is 0 Å². The molecule has 30 heavy (non-hydrogen) atoms. The Morgan fingerprint density at radius 1 is 0.700 bits per heavy atom. The van der Waals surface area contributed by atoms with E-state index in [1.54, 1.807) is 9.80 Å². The van der Waals surface area contributed by atoms with Gasteiger partial charge in [0, 0.05) is 37.0 Å². The van der Waals surface area contributed by atoms with E-state index in [0.717, 1.165) is 11.5 Å². The number of furan rings is 2. The predicted octanol–water partition coefficient (Wildman–Crippen LogP) is 4.68. The van der Waals surface area contributed by atoms with Crippen LogP contribution in [0.3, 0.4) is 0 Å². The van der Waals surface area contributed by atoms with Crippen molar-refractivity contribution in [3.63, 3.8) is 0 Å². The summed E-state index contributed by atoms with van der Waals surface area (Å²) in [5.41, 5.74) is 0.923. The molecule has 0 saturated carbocycles. The second-order valence-electron chi connectivity index (χ2n) is 10.2. The number of nitrogens with zero attached hydrogens (tertiary/aromatic N) is 2. The molecular weight excluding hydrogens is 380 g/mol. The highest BCUT2D eigenvalue weighted by atomic mass is 16.3. The summed E-state index contributed by atoms with van der Waals surface area (Å²) in [4.78, 5) is 29.7. The summed E-state index contributed by atoms with van der Waals surface area (Å²) in [6, 6.07) is 3.72. The van der Waals surface area contributed by atoms with E-state index in [-0.39, 0.29) is 22.6 Å². The first-order chi connectivity index (χ1) is 13.8. The van der Waals surface area contributed by atoms with Gasteiger partial charge in [-0.25, -0.2) is 0 Å². The fourth-order valence-electron chi connectivity index (χ4n) is 3.58. The van der Waals surface area contributed by atoms with Gasteiger partial charge in [0.15, 0.2) is 0 Å². The topological polar surface area (TPSA) is 66.9 Å². The minimum absolute atomic E-state index is 0.0339. The lowest BCUT2D eigenvalue weighted by atomic mass is 9.93. The maximum atomic E-state index is 13.0. The van der Waals surface area contributed by atoms with Crippen molar-refractivity contribution in [2.24, 2.45) is 0 Å². The van der Waals surface area contributed by atoms with E-state index in [0.29, 0.717) is 48.8 Å². The molecule has 0 bridgehead atoms. The zero-order valence-electron chi connectivity index (χ0n) is 19.5. The van der Waals surface area contributed by atoms with Crippen molar-refractivity contribution < 1.29 is 18.4 Å². The maximum Gasteiger partial charge on any atom is 0.257 e. The molecule has 0 aromatic carbocycles. The van der Waals surface area contributed by atoms with Gasteiger partial charge in [-0.1, -0.05) is 41.5 Å². The van der Waals surface area contributed by atoms with Crippen LogP contribution in [0.15, 0.2) is 21.0 Å². The first-order valence-electron chi connectivity index (χ1n) is 10.6. The molecule has 3 rings (SSSR count). The summed E-state index contributed by atoms with van der Waals surface area (Å²) in [6.07, 6.45) is 0. The molecule has 0 N–H and O–H groups in total. The van der Waals surface area contributed by atoms with E-state index in [1.165, 1.54) is 0 Å². The van der Waals surface area contributed by atoms with Gasteiger partial charge in [0.1, 0.15) is 23.0 Å². The minimum atomic E-state index is -0.150. The molecule has 0 atom stereocenters. The zero-order valence-corrected chi connectivity index (χ0v) is 19.5. The molecule has 1 saturated heterocycles. The highest BCUT2D eigenvalue weighted by Crippen LogP contribution is 2.29. The molecule has 3 heterocycles. The fourth-order valence-corrected chi connectivity index (χ4v) is 3.58. The summed E-state index contributed by atoms with van der Waals surface area (Å²) in [7, 11) is 0. The van der Waals surface area contributed by atoms with Crippen molar-refractivity contribution in [1.29, 1.82) is 0 Å². The van der Waals surface area contributed by atoms with Crippen LogP contribution in [-0.2, 0) is 10.8 Å². The molecule has 2 aromatic rings. The van der Waals surface area contributed by atoms with Gasteiger partial charge in [-0.15, -0.1) is 0 Å². The highest BCUT2D eigenvalue weighted by Gasteiger charge is 2.31. The average molecular weight is 415 g/mol. The van der Waals surface area contributed by atoms with Crippen LogP contribution in [0.2, 0.25) is 0 Å². The third-order valence-corrected chi connectivity index (χ3v) is 5.63. The number of amides is 2. The molecule has 0 radical (unpaired) electrons. The first kappa shape index (κ1) is 22.2. The SMILES string of the molecule is Cc1oc(C(C)(C)C)cc1C(=O)N1CCN(C(=O)c2cc(C(C)(C)C)oc2C)CC1. The van der Waals surface area contributed by atoms with Gasteiger partial charge >= 0.3 is 0 Å². The van der Waals surface area contributed by atoms with Crippen molar-refractivity contribution in [3.8, 4) is 0 Å². The van der Waals surface area contributed by atoms with Gasteiger partial charge in [0.05, 0.1) is 11.1 Å². The van der Waals surface area contributed by atoms with E-state index in [9.17, 15) is 9.59 Å². The molecule has 1 aliphatic heterocycles. The lowest BCUT2D eigenvalue weighted by Gasteiger charge is -2.34. The summed E-state index contributed by atoms with van der Waals surface area (Å²) in [5.74, 6) is 2.84. The van der Waals surface area contributed by atoms with Crippen LogP contribution < -0.4 is 0 Å². The largest absolute Gasteiger partial charge is 0.465 e. The van der Waals surface area contributed by atoms with Crippen LogP contribution in [0.4, 0.5) is 0 Å². The zero-order chi connectivity index (χ0) is 22.4. The van der Waals surface area contributed by atoms with E-state index in [2.05, 4.69) is 41.5 Å². The smallest absolute Gasteiger partial charge is 0.257 e. The average Bonchev–Trinajstić information content (AvgIpc) is 3.23. The van der Waals surface area contributed by atoms with Crippen molar-refractivity contribution in [3.05, 3.63) is 46.3 Å². The molecular formula is C24H34N2O4. The molecule has 164 valence electrons. The Morgan fingerprint density at radius 3 is 1.23 bits per heavy atom. The molecule has 6 nitrogen and oxygen atoms in total. The highest BCUT2D eigenvalue weighted by molar-refractivity contribution is 5.97. The Balaban J connectivity index is 1.68. The van der Waals surface area contributed by atoms with Crippen molar-refractivity contribution >= 4 is 11.8 Å². The third kappa shape index (κ3) is 4.32. The number of piperazine rings is 1. The van der Waals surface area contributed by atoms with Crippen LogP contribution >= 0.6 is 0 Å². The number of rotatable bonds is 2. The number of carbonyl (C=O) groups excluding carboxylic acids is 2. The number of aryl methyl sites for hydroxylation is 2. The minimum Gasteiger partial charge on any atom is -0.465 e. The quantitative estimate of drug-likeness (QED) is 0.715. The second kappa shape index (κ2) is 7.64. The standard InChI is InChI=1S/C24H34N2O4/c1-15-17(13-19(29-15)23(3,4)5)21(27)25-9-11-26(12-10-25)22(28)18-14-20(24(6,7)8)30-16(18)2/h13-14H,9-12H2,1-8H3. The lowest BCUT2D eigenvalue weighted by Crippen LogP contribution is -2.50. The fraction of sp³-hybridized carbons (Fsp3) is 0.583. The van der Waals surface area contributed by atoms with Crippen LogP contribution in [0.1, 0.15) is 85.3 Å². The van der Waals surface area contributed by atoms with Crippen LogP contribution in [0, 0.1) is 13.8 Å². The first-order valence-corrected chi connectivity index (χ1v) is 10.6. The van der Waals surface area contributed by atoms with E-state index in [1.807, 2.05) is 26.0 Å². The molecule has 0 unspecified atom stereocenters. The Bertz CT molecular complexity index is 867. The summed E-state index contributed by atoms with van der Waals surface area (Å²) >= 11 is 0. The molecule has 0 aliphatic carbocycles. The summed E-state index contributed by atoms with van der Waals surface area (Å²) in [6.45, 7) is 18.0. The van der Waals surface area contributed by atoms with Crippen LogP contribution in [0.5, 0.6) is 0 Å². The van der Waals surface area contributed by atoms with Gasteiger partial charge in [0.2, 0.25) is 0 Å². The Kier molecular flexibility index (Phi) is 5.65. The van der Waals surface area contributed by atoms with Crippen molar-refractivity contribution in [1.82, 2.24) is 9.80 Å². The Hall–Kier alpha value is -2.50. The van der Waals surface area contributed by atoms with Crippen molar-refractivity contribution in [2.45, 2.75) is 66.2 Å². The van der Waals surface area contributed by atoms with E-state index >= 15 is 0 Å². The molecule has 2 aromatic heterocycles. The second-order valence-corrected chi connectivity index (χ2v) is 10.2. The van der Waals surface area contributed by atoms with Crippen molar-refractivity contribution in [2.75, 3.05) is 26.2 Å².